The van der Waals surface area contributed by atoms with Crippen LogP contribution in [0.5, 0.6) is 0 Å². The summed E-state index contributed by atoms with van der Waals surface area (Å²) >= 11 is 0. The van der Waals surface area contributed by atoms with Crippen LogP contribution in [0.3, 0.4) is 0 Å². The van der Waals surface area contributed by atoms with Gasteiger partial charge < -0.3 is 14.2 Å². The molecule has 1 unspecified atom stereocenters. The third-order valence-electron chi connectivity index (χ3n) is 16.1. The van der Waals surface area contributed by atoms with E-state index in [2.05, 4.69) is 69.4 Å². The largest absolute Gasteiger partial charge is 0.462 e. The third-order valence-corrected chi connectivity index (χ3v) is 16.1. The van der Waals surface area contributed by atoms with Crippen LogP contribution in [0.25, 0.3) is 0 Å². The molecule has 0 saturated carbocycles. The lowest BCUT2D eigenvalue weighted by Crippen LogP contribution is -2.30. The summed E-state index contributed by atoms with van der Waals surface area (Å²) in [6.07, 6.45) is 87.0. The number of ether oxygens (including phenoxy) is 3. The Balaban J connectivity index is 4.31. The van der Waals surface area contributed by atoms with Gasteiger partial charge in [-0.2, -0.15) is 0 Å². The zero-order chi connectivity index (χ0) is 57.8. The first kappa shape index (κ1) is 77.4. The first-order chi connectivity index (χ1) is 39.5. The summed E-state index contributed by atoms with van der Waals surface area (Å²) in [5.74, 6) is -0.841. The Kier molecular flexibility index (Phi) is 66.6. The average molecular weight is 1120 g/mol. The molecule has 0 aromatic rings. The quantitative estimate of drug-likeness (QED) is 0.0261. The van der Waals surface area contributed by atoms with Crippen LogP contribution >= 0.6 is 0 Å². The summed E-state index contributed by atoms with van der Waals surface area (Å²) in [6, 6.07) is 0. The van der Waals surface area contributed by atoms with Crippen molar-refractivity contribution < 1.29 is 28.6 Å². The van der Waals surface area contributed by atoms with Gasteiger partial charge in [-0.15, -0.1) is 0 Å². The van der Waals surface area contributed by atoms with Crippen LogP contribution in [0.15, 0.2) is 48.6 Å². The molecule has 468 valence electrons. The van der Waals surface area contributed by atoms with E-state index >= 15 is 0 Å². The van der Waals surface area contributed by atoms with Crippen LogP contribution in [0.4, 0.5) is 0 Å². The lowest BCUT2D eigenvalue weighted by molar-refractivity contribution is -0.167. The monoisotopic (exact) mass is 1120 g/mol. The molecule has 6 nitrogen and oxygen atoms in total. The second-order valence-corrected chi connectivity index (χ2v) is 24.1. The molecule has 0 N–H and O–H groups in total. The van der Waals surface area contributed by atoms with Crippen molar-refractivity contribution in [1.82, 2.24) is 0 Å². The van der Waals surface area contributed by atoms with Gasteiger partial charge in [0.05, 0.1) is 0 Å². The van der Waals surface area contributed by atoms with Gasteiger partial charge in [-0.25, -0.2) is 0 Å². The predicted molar refractivity (Wildman–Crippen MR) is 349 cm³/mol. The first-order valence-corrected chi connectivity index (χ1v) is 35.6. The van der Waals surface area contributed by atoms with Crippen molar-refractivity contribution in [2.24, 2.45) is 0 Å². The lowest BCUT2D eigenvalue weighted by atomic mass is 10.0. The summed E-state index contributed by atoms with van der Waals surface area (Å²) < 4.78 is 17.0. The van der Waals surface area contributed by atoms with Crippen molar-refractivity contribution in [3.05, 3.63) is 48.6 Å². The van der Waals surface area contributed by atoms with E-state index in [1.807, 2.05) is 0 Å². The fourth-order valence-electron chi connectivity index (χ4n) is 10.8. The zero-order valence-corrected chi connectivity index (χ0v) is 53.9. The summed E-state index contributed by atoms with van der Waals surface area (Å²) in [7, 11) is 0. The molecule has 0 aromatic heterocycles. The number of esters is 3. The SMILES string of the molecule is CC/C=C\C/C=C\C/C=C\C/C=C\CCCCCCCCCCCCC(=O)OCC(COC(=O)CCCCCCCCCCCCCCCCCCCC)OC(=O)CCCCCCCCCCCCCCCCCCCCCCC. The molecular formula is C74H136O6. The van der Waals surface area contributed by atoms with Crippen molar-refractivity contribution in [2.45, 2.75) is 393 Å². The van der Waals surface area contributed by atoms with Gasteiger partial charge in [0.25, 0.3) is 0 Å². The van der Waals surface area contributed by atoms with Crippen molar-refractivity contribution in [3.63, 3.8) is 0 Å². The second kappa shape index (κ2) is 68.9. The Morgan fingerprint density at radius 2 is 0.487 bits per heavy atom. The molecule has 0 heterocycles. The van der Waals surface area contributed by atoms with Gasteiger partial charge in [-0.05, 0) is 57.8 Å². The van der Waals surface area contributed by atoms with Crippen molar-refractivity contribution in [1.29, 1.82) is 0 Å². The fraction of sp³-hybridized carbons (Fsp3) is 0.851. The van der Waals surface area contributed by atoms with Crippen molar-refractivity contribution >= 4 is 17.9 Å². The Morgan fingerprint density at radius 1 is 0.263 bits per heavy atom. The van der Waals surface area contributed by atoms with E-state index in [0.29, 0.717) is 19.3 Å². The van der Waals surface area contributed by atoms with E-state index in [4.69, 9.17) is 14.2 Å². The van der Waals surface area contributed by atoms with Crippen LogP contribution in [0.2, 0.25) is 0 Å². The van der Waals surface area contributed by atoms with Crippen LogP contribution in [0, 0.1) is 0 Å². The topological polar surface area (TPSA) is 78.9 Å². The molecule has 0 spiro atoms. The summed E-state index contributed by atoms with van der Waals surface area (Å²) in [4.78, 5) is 38.5. The molecule has 0 aromatic carbocycles. The number of rotatable bonds is 66. The van der Waals surface area contributed by atoms with Gasteiger partial charge >= 0.3 is 17.9 Å². The molecule has 0 fully saturated rings. The van der Waals surface area contributed by atoms with Crippen molar-refractivity contribution in [2.75, 3.05) is 13.2 Å². The maximum absolute atomic E-state index is 13.0. The van der Waals surface area contributed by atoms with Crippen molar-refractivity contribution in [3.8, 4) is 0 Å². The van der Waals surface area contributed by atoms with E-state index in [0.717, 1.165) is 83.5 Å². The molecule has 0 aliphatic heterocycles. The molecule has 80 heavy (non-hydrogen) atoms. The maximum Gasteiger partial charge on any atom is 0.306 e. The number of unbranched alkanes of at least 4 members (excludes halogenated alkanes) is 47. The van der Waals surface area contributed by atoms with E-state index in [-0.39, 0.29) is 31.1 Å². The van der Waals surface area contributed by atoms with Crippen LogP contribution in [-0.4, -0.2) is 37.2 Å². The Labute approximate surface area is 498 Å². The molecule has 0 bridgehead atoms. The average Bonchev–Trinajstić information content (AvgIpc) is 3.46. The maximum atomic E-state index is 13.0. The summed E-state index contributed by atoms with van der Waals surface area (Å²) in [6.45, 7) is 6.61. The summed E-state index contributed by atoms with van der Waals surface area (Å²) in [5.41, 5.74) is 0. The van der Waals surface area contributed by atoms with Crippen LogP contribution < -0.4 is 0 Å². The highest BCUT2D eigenvalue weighted by molar-refractivity contribution is 5.71. The van der Waals surface area contributed by atoms with Crippen LogP contribution in [-0.2, 0) is 28.6 Å². The molecule has 1 atom stereocenters. The van der Waals surface area contributed by atoms with Gasteiger partial charge in [-0.1, -0.05) is 358 Å². The van der Waals surface area contributed by atoms with Gasteiger partial charge in [0, 0.05) is 19.3 Å². The predicted octanol–water partition coefficient (Wildman–Crippen LogP) is 24.5. The van der Waals surface area contributed by atoms with Gasteiger partial charge in [-0.3, -0.25) is 14.4 Å². The number of allylic oxidation sites excluding steroid dienone is 8. The third kappa shape index (κ3) is 66.2. The van der Waals surface area contributed by atoms with E-state index in [9.17, 15) is 14.4 Å². The number of carbonyl (C=O) groups excluding carboxylic acids is 3. The molecule has 0 saturated heterocycles. The van der Waals surface area contributed by atoms with Gasteiger partial charge in [0.1, 0.15) is 13.2 Å². The molecule has 0 radical (unpaired) electrons. The minimum Gasteiger partial charge on any atom is -0.462 e. The van der Waals surface area contributed by atoms with E-state index in [1.165, 1.54) is 263 Å². The molecule has 0 rings (SSSR count). The standard InChI is InChI=1S/C74H136O6/c1-4-7-10-13-16-19-22-25-28-31-34-36-37-39-40-43-46-49-52-55-58-61-64-67-73(76)79-70-71(69-78-72(75)66-63-60-57-54-51-48-45-42-33-30-27-24-21-18-15-12-9-6-3)80-74(77)68-65-62-59-56-53-50-47-44-41-38-35-32-29-26-23-20-17-14-11-8-5-2/h7,10,16,19,25,28,34,36,71H,4-6,8-9,11-15,17-18,20-24,26-27,29-33,35,37-70H2,1-3H3/b10-7-,19-16-,28-25-,36-34-. The molecule has 0 amide bonds. The molecule has 6 heteroatoms. The highest BCUT2D eigenvalue weighted by Gasteiger charge is 2.19. The first-order valence-electron chi connectivity index (χ1n) is 35.6. The lowest BCUT2D eigenvalue weighted by Gasteiger charge is -2.18. The second-order valence-electron chi connectivity index (χ2n) is 24.1. The Morgan fingerprint density at radius 3 is 0.762 bits per heavy atom. The van der Waals surface area contributed by atoms with Gasteiger partial charge in [0.15, 0.2) is 6.10 Å². The van der Waals surface area contributed by atoms with E-state index in [1.54, 1.807) is 0 Å². The smallest absolute Gasteiger partial charge is 0.306 e. The fourth-order valence-corrected chi connectivity index (χ4v) is 10.8. The minimum absolute atomic E-state index is 0.0680. The molecule has 0 aliphatic carbocycles. The highest BCUT2D eigenvalue weighted by Crippen LogP contribution is 2.19. The number of hydrogen-bond acceptors (Lipinski definition) is 6. The Hall–Kier alpha value is -2.63. The van der Waals surface area contributed by atoms with Crippen LogP contribution in [0.1, 0.15) is 387 Å². The summed E-state index contributed by atoms with van der Waals surface area (Å²) in [5, 5.41) is 0. The number of hydrogen-bond donors (Lipinski definition) is 0. The normalized spacial score (nSPS) is 12.3. The minimum atomic E-state index is -0.773. The highest BCUT2D eigenvalue weighted by atomic mass is 16.6. The van der Waals surface area contributed by atoms with E-state index < -0.39 is 6.10 Å². The van der Waals surface area contributed by atoms with Gasteiger partial charge in [0.2, 0.25) is 0 Å². The number of carbonyl (C=O) groups is 3. The Bertz CT molecular complexity index is 1380. The molecular weight excluding hydrogens is 985 g/mol. The zero-order valence-electron chi connectivity index (χ0n) is 53.9. The molecule has 0 aliphatic rings.